The first-order chi connectivity index (χ1) is 9.08. The number of hydrogen-bond acceptors (Lipinski definition) is 4. The van der Waals surface area contributed by atoms with E-state index in [2.05, 4.69) is 24.9 Å². The van der Waals surface area contributed by atoms with Gasteiger partial charge in [-0.2, -0.15) is 0 Å². The Hall–Kier alpha value is -1.10. The van der Waals surface area contributed by atoms with Gasteiger partial charge in [-0.25, -0.2) is 0 Å². The van der Waals surface area contributed by atoms with Crippen molar-refractivity contribution in [3.05, 3.63) is 29.3 Å². The maximum absolute atomic E-state index is 6.28. The molecule has 19 heavy (non-hydrogen) atoms. The average Bonchev–Trinajstić information content (AvgIpc) is 2.39. The molecule has 1 atom stereocenters. The van der Waals surface area contributed by atoms with Crippen LogP contribution in [0.25, 0.3) is 0 Å². The van der Waals surface area contributed by atoms with E-state index in [0.717, 1.165) is 37.6 Å². The highest BCUT2D eigenvalue weighted by Gasteiger charge is 2.14. The van der Waals surface area contributed by atoms with Crippen LogP contribution < -0.4 is 10.5 Å². The Labute approximate surface area is 116 Å². The molecule has 1 unspecified atom stereocenters. The second-order valence-electron chi connectivity index (χ2n) is 4.81. The van der Waals surface area contributed by atoms with E-state index in [1.807, 2.05) is 19.1 Å². The van der Waals surface area contributed by atoms with Crippen molar-refractivity contribution in [2.24, 2.45) is 5.73 Å². The van der Waals surface area contributed by atoms with Gasteiger partial charge in [-0.05, 0) is 27.0 Å². The molecule has 0 aliphatic carbocycles. The molecule has 4 heteroatoms. The number of nitrogens with two attached hydrogens (primary N) is 1. The third kappa shape index (κ3) is 5.19. The molecule has 1 aromatic carbocycles. The first kappa shape index (κ1) is 16.0. The standard InChI is InChI=1S/C15H26N2O2/c1-5-19-9-8-17(3)11-14(16)13-10-12(2)6-7-15(13)18-4/h6-7,10,14H,5,8-9,11,16H2,1-4H3. The quantitative estimate of drug-likeness (QED) is 0.731. The first-order valence-corrected chi connectivity index (χ1v) is 6.74. The van der Waals surface area contributed by atoms with Crippen LogP contribution in [-0.2, 0) is 4.74 Å². The fraction of sp³-hybridized carbons (Fsp3) is 0.600. The molecule has 0 bridgehead atoms. The number of benzene rings is 1. The normalized spacial score (nSPS) is 12.7. The molecule has 0 heterocycles. The maximum atomic E-state index is 6.28. The van der Waals surface area contributed by atoms with Crippen LogP contribution in [0.15, 0.2) is 18.2 Å². The molecule has 0 saturated heterocycles. The second kappa shape index (κ2) is 8.15. The van der Waals surface area contributed by atoms with Crippen molar-refractivity contribution in [2.45, 2.75) is 19.9 Å². The van der Waals surface area contributed by atoms with Crippen LogP contribution in [0.4, 0.5) is 0 Å². The summed E-state index contributed by atoms with van der Waals surface area (Å²) < 4.78 is 10.7. The minimum absolute atomic E-state index is 0.0542. The number of methoxy groups -OCH3 is 1. The van der Waals surface area contributed by atoms with Crippen LogP contribution in [0.5, 0.6) is 5.75 Å². The Morgan fingerprint density at radius 1 is 1.37 bits per heavy atom. The maximum Gasteiger partial charge on any atom is 0.123 e. The lowest BCUT2D eigenvalue weighted by molar-refractivity contribution is 0.120. The average molecular weight is 266 g/mol. The number of likely N-dealkylation sites (N-methyl/N-ethyl adjacent to an activating group) is 1. The number of rotatable bonds is 8. The van der Waals surface area contributed by atoms with Crippen molar-refractivity contribution in [1.82, 2.24) is 4.90 Å². The van der Waals surface area contributed by atoms with Crippen molar-refractivity contribution >= 4 is 0 Å². The molecular formula is C15H26N2O2. The van der Waals surface area contributed by atoms with Crippen LogP contribution in [0.3, 0.4) is 0 Å². The molecule has 0 spiro atoms. The van der Waals surface area contributed by atoms with Crippen LogP contribution in [-0.4, -0.2) is 45.4 Å². The molecule has 2 N–H and O–H groups in total. The van der Waals surface area contributed by atoms with Crippen LogP contribution >= 0.6 is 0 Å². The SMILES string of the molecule is CCOCCN(C)CC(N)c1cc(C)ccc1OC. The lowest BCUT2D eigenvalue weighted by Crippen LogP contribution is -2.31. The van der Waals surface area contributed by atoms with Gasteiger partial charge in [-0.15, -0.1) is 0 Å². The smallest absolute Gasteiger partial charge is 0.123 e. The van der Waals surface area contributed by atoms with Gasteiger partial charge in [-0.1, -0.05) is 17.7 Å². The molecule has 0 aliphatic heterocycles. The number of ether oxygens (including phenoxy) is 2. The molecule has 0 aromatic heterocycles. The number of nitrogens with zero attached hydrogens (tertiary/aromatic N) is 1. The number of aryl methyl sites for hydroxylation is 1. The summed E-state index contributed by atoms with van der Waals surface area (Å²) in [4.78, 5) is 2.18. The van der Waals surface area contributed by atoms with E-state index >= 15 is 0 Å². The fourth-order valence-corrected chi connectivity index (χ4v) is 2.03. The summed E-state index contributed by atoms with van der Waals surface area (Å²) in [5, 5.41) is 0. The van der Waals surface area contributed by atoms with Gasteiger partial charge in [0.1, 0.15) is 5.75 Å². The fourth-order valence-electron chi connectivity index (χ4n) is 2.03. The lowest BCUT2D eigenvalue weighted by atomic mass is 10.0. The van der Waals surface area contributed by atoms with Crippen molar-refractivity contribution in [3.8, 4) is 5.75 Å². The zero-order valence-corrected chi connectivity index (χ0v) is 12.5. The first-order valence-electron chi connectivity index (χ1n) is 6.74. The molecule has 0 saturated carbocycles. The van der Waals surface area contributed by atoms with Gasteiger partial charge in [0.2, 0.25) is 0 Å². The summed E-state index contributed by atoms with van der Waals surface area (Å²) in [6.45, 7) is 7.23. The molecule has 4 nitrogen and oxygen atoms in total. The van der Waals surface area contributed by atoms with Crippen molar-refractivity contribution in [2.75, 3.05) is 40.5 Å². The topological polar surface area (TPSA) is 47.7 Å². The Morgan fingerprint density at radius 3 is 2.74 bits per heavy atom. The molecule has 108 valence electrons. The van der Waals surface area contributed by atoms with Crippen LogP contribution in [0.2, 0.25) is 0 Å². The Morgan fingerprint density at radius 2 is 2.11 bits per heavy atom. The highest BCUT2D eigenvalue weighted by atomic mass is 16.5. The van der Waals surface area contributed by atoms with E-state index in [1.165, 1.54) is 5.56 Å². The summed E-state index contributed by atoms with van der Waals surface area (Å²) in [6.07, 6.45) is 0. The van der Waals surface area contributed by atoms with E-state index in [4.69, 9.17) is 15.2 Å². The molecule has 0 aliphatic rings. The number of hydrogen-bond donors (Lipinski definition) is 1. The minimum atomic E-state index is -0.0542. The van der Waals surface area contributed by atoms with E-state index in [0.29, 0.717) is 0 Å². The Kier molecular flexibility index (Phi) is 6.84. The van der Waals surface area contributed by atoms with E-state index < -0.39 is 0 Å². The van der Waals surface area contributed by atoms with E-state index in [1.54, 1.807) is 7.11 Å². The third-order valence-corrected chi connectivity index (χ3v) is 3.11. The zero-order chi connectivity index (χ0) is 14.3. The molecule has 0 radical (unpaired) electrons. The van der Waals surface area contributed by atoms with Crippen molar-refractivity contribution in [3.63, 3.8) is 0 Å². The summed E-state index contributed by atoms with van der Waals surface area (Å²) in [5.41, 5.74) is 8.54. The summed E-state index contributed by atoms with van der Waals surface area (Å²) in [5.74, 6) is 0.858. The van der Waals surface area contributed by atoms with Gasteiger partial charge < -0.3 is 20.1 Å². The summed E-state index contributed by atoms with van der Waals surface area (Å²) in [7, 11) is 3.74. The lowest BCUT2D eigenvalue weighted by Gasteiger charge is -2.23. The monoisotopic (exact) mass is 266 g/mol. The predicted molar refractivity (Wildman–Crippen MR) is 78.6 cm³/mol. The largest absolute Gasteiger partial charge is 0.496 e. The van der Waals surface area contributed by atoms with Gasteiger partial charge >= 0.3 is 0 Å². The van der Waals surface area contributed by atoms with Crippen LogP contribution in [0.1, 0.15) is 24.1 Å². The molecule has 1 aromatic rings. The van der Waals surface area contributed by atoms with E-state index in [-0.39, 0.29) is 6.04 Å². The van der Waals surface area contributed by atoms with Crippen LogP contribution in [0, 0.1) is 6.92 Å². The van der Waals surface area contributed by atoms with Crippen molar-refractivity contribution in [1.29, 1.82) is 0 Å². The van der Waals surface area contributed by atoms with E-state index in [9.17, 15) is 0 Å². The zero-order valence-electron chi connectivity index (χ0n) is 12.5. The molecule has 0 amide bonds. The van der Waals surface area contributed by atoms with Gasteiger partial charge in [0, 0.05) is 31.3 Å². The molecule has 0 fully saturated rings. The molecule has 1 rings (SSSR count). The highest BCUT2D eigenvalue weighted by Crippen LogP contribution is 2.25. The van der Waals surface area contributed by atoms with Gasteiger partial charge in [0.05, 0.1) is 13.7 Å². The van der Waals surface area contributed by atoms with Gasteiger partial charge in [-0.3, -0.25) is 0 Å². The third-order valence-electron chi connectivity index (χ3n) is 3.11. The summed E-state index contributed by atoms with van der Waals surface area (Å²) >= 11 is 0. The summed E-state index contributed by atoms with van der Waals surface area (Å²) in [6, 6.07) is 6.06. The minimum Gasteiger partial charge on any atom is -0.496 e. The van der Waals surface area contributed by atoms with Crippen molar-refractivity contribution < 1.29 is 9.47 Å². The predicted octanol–water partition coefficient (Wildman–Crippen LogP) is 1.97. The highest BCUT2D eigenvalue weighted by molar-refractivity contribution is 5.39. The Balaban J connectivity index is 2.61. The van der Waals surface area contributed by atoms with Gasteiger partial charge in [0.25, 0.3) is 0 Å². The molecular weight excluding hydrogens is 240 g/mol. The Bertz CT molecular complexity index is 382. The van der Waals surface area contributed by atoms with Gasteiger partial charge in [0.15, 0.2) is 0 Å². The second-order valence-corrected chi connectivity index (χ2v) is 4.81.